The summed E-state index contributed by atoms with van der Waals surface area (Å²) in [5.41, 5.74) is 1.32. The molecule has 0 radical (unpaired) electrons. The van der Waals surface area contributed by atoms with Gasteiger partial charge >= 0.3 is 0 Å². The second-order valence-electron chi connectivity index (χ2n) is 5.27. The van der Waals surface area contributed by atoms with Gasteiger partial charge in [0.05, 0.1) is 4.92 Å². The largest absolute Gasteiger partial charge is 0.314 e. The van der Waals surface area contributed by atoms with E-state index in [0.29, 0.717) is 12.0 Å². The van der Waals surface area contributed by atoms with Crippen LogP contribution in [-0.4, -0.2) is 17.5 Å². The lowest BCUT2D eigenvalue weighted by Crippen LogP contribution is -2.34. The van der Waals surface area contributed by atoms with Crippen molar-refractivity contribution >= 4 is 5.69 Å². The van der Waals surface area contributed by atoms with Crippen molar-refractivity contribution in [3.63, 3.8) is 0 Å². The number of benzene rings is 1. The molecule has 0 aliphatic heterocycles. The average molecular weight is 264 g/mol. The molecule has 0 fully saturated rings. The Labute approximate surface area is 115 Å². The van der Waals surface area contributed by atoms with Crippen molar-refractivity contribution in [2.24, 2.45) is 5.92 Å². The van der Waals surface area contributed by atoms with Crippen molar-refractivity contribution < 1.29 is 4.92 Å². The minimum Gasteiger partial charge on any atom is -0.314 e. The van der Waals surface area contributed by atoms with Gasteiger partial charge in [-0.3, -0.25) is 10.1 Å². The van der Waals surface area contributed by atoms with E-state index in [2.05, 4.69) is 26.1 Å². The van der Waals surface area contributed by atoms with Gasteiger partial charge in [0.25, 0.3) is 5.69 Å². The van der Waals surface area contributed by atoms with Crippen LogP contribution in [-0.2, 0) is 6.42 Å². The van der Waals surface area contributed by atoms with Crippen LogP contribution in [0.3, 0.4) is 0 Å². The average Bonchev–Trinajstić information content (AvgIpc) is 2.39. The summed E-state index contributed by atoms with van der Waals surface area (Å²) in [6.45, 7) is 7.66. The number of hydrogen-bond donors (Lipinski definition) is 1. The van der Waals surface area contributed by atoms with E-state index in [1.54, 1.807) is 12.1 Å². The Hall–Kier alpha value is -1.42. The Bertz CT molecular complexity index is 388. The number of nitro groups is 1. The van der Waals surface area contributed by atoms with Crippen molar-refractivity contribution in [1.29, 1.82) is 0 Å². The molecule has 1 unspecified atom stereocenters. The summed E-state index contributed by atoms with van der Waals surface area (Å²) in [6.07, 6.45) is 3.16. The minimum atomic E-state index is -0.358. The fourth-order valence-corrected chi connectivity index (χ4v) is 2.11. The van der Waals surface area contributed by atoms with Crippen LogP contribution in [0.5, 0.6) is 0 Å². The van der Waals surface area contributed by atoms with Gasteiger partial charge in [0.1, 0.15) is 0 Å². The zero-order valence-electron chi connectivity index (χ0n) is 12.1. The first kappa shape index (κ1) is 15.6. The highest BCUT2D eigenvalue weighted by Gasteiger charge is 2.12. The van der Waals surface area contributed by atoms with E-state index in [-0.39, 0.29) is 10.6 Å². The summed E-state index contributed by atoms with van der Waals surface area (Å²) in [4.78, 5) is 10.2. The first-order valence-corrected chi connectivity index (χ1v) is 7.01. The maximum absolute atomic E-state index is 10.6. The van der Waals surface area contributed by atoms with E-state index in [1.807, 2.05) is 12.1 Å². The highest BCUT2D eigenvalue weighted by molar-refractivity contribution is 5.32. The second kappa shape index (κ2) is 7.89. The molecule has 1 aromatic rings. The van der Waals surface area contributed by atoms with Crippen LogP contribution >= 0.6 is 0 Å². The summed E-state index contributed by atoms with van der Waals surface area (Å²) < 4.78 is 0. The van der Waals surface area contributed by atoms with E-state index in [0.717, 1.165) is 31.4 Å². The summed E-state index contributed by atoms with van der Waals surface area (Å²) in [7, 11) is 0. The quantitative estimate of drug-likeness (QED) is 0.577. The molecule has 0 aliphatic rings. The molecule has 0 aromatic heterocycles. The molecule has 1 N–H and O–H groups in total. The number of nitrogens with one attached hydrogen (secondary N) is 1. The zero-order valence-corrected chi connectivity index (χ0v) is 12.1. The van der Waals surface area contributed by atoms with Gasteiger partial charge in [-0.05, 0) is 37.3 Å². The Balaban J connectivity index is 2.51. The van der Waals surface area contributed by atoms with Gasteiger partial charge in [0.15, 0.2) is 0 Å². The van der Waals surface area contributed by atoms with Crippen LogP contribution < -0.4 is 5.32 Å². The van der Waals surface area contributed by atoms with Crippen LogP contribution in [0.25, 0.3) is 0 Å². The molecular formula is C15H24N2O2. The lowest BCUT2D eigenvalue weighted by Gasteiger charge is -2.22. The Morgan fingerprint density at radius 2 is 1.89 bits per heavy atom. The molecule has 19 heavy (non-hydrogen) atoms. The Kier molecular flexibility index (Phi) is 6.50. The summed E-state index contributed by atoms with van der Waals surface area (Å²) in [6, 6.07) is 7.39. The monoisotopic (exact) mass is 264 g/mol. The molecule has 0 bridgehead atoms. The van der Waals surface area contributed by atoms with Gasteiger partial charge in [-0.1, -0.05) is 32.9 Å². The van der Waals surface area contributed by atoms with Crippen LogP contribution in [0.15, 0.2) is 24.3 Å². The van der Waals surface area contributed by atoms with E-state index in [1.165, 1.54) is 0 Å². The van der Waals surface area contributed by atoms with Crippen LogP contribution in [0.1, 0.15) is 39.2 Å². The third-order valence-electron chi connectivity index (χ3n) is 3.35. The molecule has 0 amide bonds. The zero-order chi connectivity index (χ0) is 14.3. The molecule has 4 heteroatoms. The first-order chi connectivity index (χ1) is 9.04. The minimum absolute atomic E-state index is 0.160. The van der Waals surface area contributed by atoms with E-state index >= 15 is 0 Å². The van der Waals surface area contributed by atoms with E-state index in [9.17, 15) is 10.1 Å². The molecule has 1 aromatic carbocycles. The molecule has 1 atom stereocenters. The molecule has 1 rings (SSSR count). The van der Waals surface area contributed by atoms with Crippen LogP contribution in [0, 0.1) is 16.0 Å². The summed E-state index contributed by atoms with van der Waals surface area (Å²) >= 11 is 0. The molecule has 4 nitrogen and oxygen atoms in total. The third-order valence-corrected chi connectivity index (χ3v) is 3.35. The standard InChI is InChI=1S/C15H24N2O2/c1-4-11-16-15(12(2)3)10-7-13-5-8-14(9-6-13)17(18)19/h5-6,8-9,12,15-16H,4,7,10-11H2,1-3H3. The highest BCUT2D eigenvalue weighted by atomic mass is 16.6. The Morgan fingerprint density at radius 1 is 1.26 bits per heavy atom. The summed E-state index contributed by atoms with van der Waals surface area (Å²) in [5.74, 6) is 0.601. The van der Waals surface area contributed by atoms with Crippen molar-refractivity contribution in [3.05, 3.63) is 39.9 Å². The van der Waals surface area contributed by atoms with Gasteiger partial charge in [0, 0.05) is 18.2 Å². The smallest absolute Gasteiger partial charge is 0.269 e. The molecule has 0 saturated heterocycles. The van der Waals surface area contributed by atoms with E-state index in [4.69, 9.17) is 0 Å². The fraction of sp³-hybridized carbons (Fsp3) is 0.600. The van der Waals surface area contributed by atoms with Gasteiger partial charge in [-0.25, -0.2) is 0 Å². The molecular weight excluding hydrogens is 240 g/mol. The van der Waals surface area contributed by atoms with Gasteiger partial charge in [-0.15, -0.1) is 0 Å². The van der Waals surface area contributed by atoms with Crippen molar-refractivity contribution in [1.82, 2.24) is 5.32 Å². The lowest BCUT2D eigenvalue weighted by molar-refractivity contribution is -0.384. The Morgan fingerprint density at radius 3 is 2.37 bits per heavy atom. The lowest BCUT2D eigenvalue weighted by atomic mass is 9.96. The van der Waals surface area contributed by atoms with Gasteiger partial charge in [0.2, 0.25) is 0 Å². The van der Waals surface area contributed by atoms with Gasteiger partial charge in [-0.2, -0.15) is 0 Å². The molecule has 0 heterocycles. The van der Waals surface area contributed by atoms with Gasteiger partial charge < -0.3 is 5.32 Å². The molecule has 106 valence electrons. The van der Waals surface area contributed by atoms with E-state index < -0.39 is 0 Å². The molecule has 0 spiro atoms. The number of hydrogen-bond acceptors (Lipinski definition) is 3. The SMILES string of the molecule is CCCNC(CCc1ccc([N+](=O)[O-])cc1)C(C)C. The molecule has 0 aliphatic carbocycles. The maximum Gasteiger partial charge on any atom is 0.269 e. The topological polar surface area (TPSA) is 55.2 Å². The highest BCUT2D eigenvalue weighted by Crippen LogP contribution is 2.15. The van der Waals surface area contributed by atoms with Crippen LogP contribution in [0.4, 0.5) is 5.69 Å². The van der Waals surface area contributed by atoms with Crippen LogP contribution in [0.2, 0.25) is 0 Å². The van der Waals surface area contributed by atoms with Crippen molar-refractivity contribution in [3.8, 4) is 0 Å². The number of nitrogens with zero attached hydrogens (tertiary/aromatic N) is 1. The van der Waals surface area contributed by atoms with Crippen molar-refractivity contribution in [2.75, 3.05) is 6.54 Å². The molecule has 0 saturated carbocycles. The third kappa shape index (κ3) is 5.39. The predicted octanol–water partition coefficient (Wildman–Crippen LogP) is 3.55. The maximum atomic E-state index is 10.6. The second-order valence-corrected chi connectivity index (χ2v) is 5.27. The number of aryl methyl sites for hydroxylation is 1. The first-order valence-electron chi connectivity index (χ1n) is 7.01. The summed E-state index contributed by atoms with van der Waals surface area (Å²) in [5, 5.41) is 14.1. The number of non-ortho nitro benzene ring substituents is 1. The fourth-order valence-electron chi connectivity index (χ4n) is 2.11. The predicted molar refractivity (Wildman–Crippen MR) is 78.3 cm³/mol. The van der Waals surface area contributed by atoms with Crippen molar-refractivity contribution in [2.45, 2.75) is 46.1 Å². The number of nitro benzene ring substituents is 1. The normalized spacial score (nSPS) is 12.6. The number of rotatable bonds is 8.